The number of benzene rings is 1. The highest BCUT2D eigenvalue weighted by Gasteiger charge is 2.28. The normalized spacial score (nSPS) is 18.3. The summed E-state index contributed by atoms with van der Waals surface area (Å²) >= 11 is 0. The van der Waals surface area contributed by atoms with E-state index in [1.165, 1.54) is 28.7 Å². The third kappa shape index (κ3) is 6.79. The van der Waals surface area contributed by atoms with E-state index in [4.69, 9.17) is 0 Å². The third-order valence-electron chi connectivity index (χ3n) is 4.38. The molecule has 2 rings (SSSR count). The van der Waals surface area contributed by atoms with Crippen molar-refractivity contribution in [3.63, 3.8) is 0 Å². The van der Waals surface area contributed by atoms with Gasteiger partial charge in [-0.2, -0.15) is 0 Å². The number of aryl methyl sites for hydroxylation is 1. The molecule has 0 heteroatoms. The van der Waals surface area contributed by atoms with Crippen LogP contribution in [0.4, 0.5) is 0 Å². The molecule has 0 spiro atoms. The first-order chi connectivity index (χ1) is 11.4. The van der Waals surface area contributed by atoms with Gasteiger partial charge in [0.1, 0.15) is 0 Å². The molecule has 1 aromatic rings. The first kappa shape index (κ1) is 23.0. The van der Waals surface area contributed by atoms with E-state index in [1.54, 1.807) is 0 Å². The zero-order valence-corrected chi connectivity index (χ0v) is 16.5. The van der Waals surface area contributed by atoms with Crippen molar-refractivity contribution in [3.8, 4) is 11.8 Å². The number of allylic oxidation sites excluding steroid dienone is 6. The molecule has 0 heterocycles. The Bertz CT molecular complexity index is 680. The fourth-order valence-corrected chi connectivity index (χ4v) is 3.01. The highest BCUT2D eigenvalue weighted by Crippen LogP contribution is 2.42. The van der Waals surface area contributed by atoms with Crippen LogP contribution in [0.5, 0.6) is 0 Å². The molecule has 0 N–H and O–H groups in total. The van der Waals surface area contributed by atoms with Gasteiger partial charge in [-0.15, -0.1) is 5.92 Å². The molecule has 1 aliphatic carbocycles. The van der Waals surface area contributed by atoms with E-state index in [0.717, 1.165) is 12.0 Å². The van der Waals surface area contributed by atoms with Crippen LogP contribution in [0.15, 0.2) is 59.2 Å². The van der Waals surface area contributed by atoms with Gasteiger partial charge in [0, 0.05) is 5.56 Å². The van der Waals surface area contributed by atoms with E-state index in [0.29, 0.717) is 5.41 Å². The van der Waals surface area contributed by atoms with Crippen molar-refractivity contribution in [2.45, 2.75) is 68.7 Å². The zero-order chi connectivity index (χ0) is 18.2. The predicted octanol–water partition coefficient (Wildman–Crippen LogP) is 7.65. The van der Waals surface area contributed by atoms with Crippen molar-refractivity contribution in [1.82, 2.24) is 0 Å². The molecule has 0 saturated heterocycles. The summed E-state index contributed by atoms with van der Waals surface area (Å²) in [5, 5.41) is 0. The first-order valence-corrected chi connectivity index (χ1v) is 8.89. The minimum atomic E-state index is 0. The average molecular weight is 337 g/mol. The lowest BCUT2D eigenvalue weighted by molar-refractivity contribution is 0.449. The molecule has 136 valence electrons. The Morgan fingerprint density at radius 1 is 1.12 bits per heavy atom. The topological polar surface area (TPSA) is 0 Å². The van der Waals surface area contributed by atoms with Gasteiger partial charge in [-0.3, -0.25) is 0 Å². The fourth-order valence-electron chi connectivity index (χ4n) is 3.01. The molecule has 0 fully saturated rings. The number of hydrogen-bond donors (Lipinski definition) is 0. The zero-order valence-electron chi connectivity index (χ0n) is 16.5. The summed E-state index contributed by atoms with van der Waals surface area (Å²) < 4.78 is 0. The Balaban J connectivity index is 0.000000465. The van der Waals surface area contributed by atoms with Gasteiger partial charge in [0.15, 0.2) is 0 Å². The smallest absolute Gasteiger partial charge is 0.0245 e. The third-order valence-corrected chi connectivity index (χ3v) is 4.38. The molecule has 0 aromatic heterocycles. The van der Waals surface area contributed by atoms with Gasteiger partial charge in [-0.25, -0.2) is 0 Å². The quantitative estimate of drug-likeness (QED) is 0.462. The summed E-state index contributed by atoms with van der Waals surface area (Å²) in [6.07, 6.45) is 9.28. The Hall–Kier alpha value is -2.00. The molecule has 1 aliphatic rings. The summed E-state index contributed by atoms with van der Waals surface area (Å²) in [7, 11) is 0. The largest absolute Gasteiger partial charge is 0.101 e. The second-order valence-corrected chi connectivity index (χ2v) is 6.94. The number of hydrogen-bond acceptors (Lipinski definition) is 0. The second kappa shape index (κ2) is 10.8. The molecule has 0 saturated carbocycles. The molecule has 0 amide bonds. The Labute approximate surface area is 156 Å². The molecule has 0 nitrogen and oxygen atoms in total. The maximum atomic E-state index is 2.98. The van der Waals surface area contributed by atoms with Crippen molar-refractivity contribution in [3.05, 3.63) is 70.3 Å². The van der Waals surface area contributed by atoms with Crippen molar-refractivity contribution >= 4 is 0 Å². The molecule has 0 bridgehead atoms. The van der Waals surface area contributed by atoms with E-state index in [9.17, 15) is 0 Å². The predicted molar refractivity (Wildman–Crippen MR) is 115 cm³/mol. The highest BCUT2D eigenvalue weighted by atomic mass is 14.3. The monoisotopic (exact) mass is 336 g/mol. The minimum absolute atomic E-state index is 0. The van der Waals surface area contributed by atoms with E-state index >= 15 is 0 Å². The van der Waals surface area contributed by atoms with Gasteiger partial charge < -0.3 is 0 Å². The van der Waals surface area contributed by atoms with Crippen molar-refractivity contribution in [1.29, 1.82) is 0 Å². The lowest BCUT2D eigenvalue weighted by atomic mass is 9.71. The Kier molecular flexibility index (Phi) is 9.92. The molecule has 1 aromatic carbocycles. The molecule has 0 aliphatic heterocycles. The van der Waals surface area contributed by atoms with Crippen LogP contribution in [0.25, 0.3) is 0 Å². The van der Waals surface area contributed by atoms with Crippen molar-refractivity contribution in [2.75, 3.05) is 0 Å². The van der Waals surface area contributed by atoms with Crippen LogP contribution >= 0.6 is 0 Å². The summed E-state index contributed by atoms with van der Waals surface area (Å²) in [5.41, 5.74) is 7.11. The average Bonchev–Trinajstić information content (AvgIpc) is 2.54. The van der Waals surface area contributed by atoms with Crippen LogP contribution in [0.2, 0.25) is 0 Å². The highest BCUT2D eigenvalue weighted by molar-refractivity contribution is 5.51. The maximum Gasteiger partial charge on any atom is 0.0245 e. The molecular formula is C25H36. The first-order valence-electron chi connectivity index (χ1n) is 8.89. The summed E-state index contributed by atoms with van der Waals surface area (Å²) in [5.74, 6) is 5.84. The van der Waals surface area contributed by atoms with Crippen molar-refractivity contribution < 1.29 is 0 Å². The van der Waals surface area contributed by atoms with Gasteiger partial charge in [-0.1, -0.05) is 70.0 Å². The Morgan fingerprint density at radius 3 is 2.20 bits per heavy atom. The summed E-state index contributed by atoms with van der Waals surface area (Å²) in [6, 6.07) is 8.21. The van der Waals surface area contributed by atoms with Crippen LogP contribution in [-0.4, -0.2) is 0 Å². The van der Waals surface area contributed by atoms with Crippen LogP contribution in [-0.2, 0) is 0 Å². The minimum Gasteiger partial charge on any atom is -0.101 e. The van der Waals surface area contributed by atoms with Crippen LogP contribution in [0.3, 0.4) is 0 Å². The lowest BCUT2D eigenvalue weighted by Gasteiger charge is -2.33. The van der Waals surface area contributed by atoms with Gasteiger partial charge in [0.05, 0.1) is 0 Å². The van der Waals surface area contributed by atoms with Gasteiger partial charge >= 0.3 is 0 Å². The second-order valence-electron chi connectivity index (χ2n) is 6.94. The van der Waals surface area contributed by atoms with Crippen LogP contribution in [0, 0.1) is 24.2 Å². The van der Waals surface area contributed by atoms with Gasteiger partial charge in [0.2, 0.25) is 0 Å². The van der Waals surface area contributed by atoms with E-state index in [-0.39, 0.29) is 7.43 Å². The Morgan fingerprint density at radius 2 is 1.72 bits per heavy atom. The summed E-state index contributed by atoms with van der Waals surface area (Å²) in [6.45, 7) is 15.2. The summed E-state index contributed by atoms with van der Waals surface area (Å²) in [4.78, 5) is 0. The molecule has 25 heavy (non-hydrogen) atoms. The van der Waals surface area contributed by atoms with E-state index in [1.807, 2.05) is 19.1 Å². The maximum absolute atomic E-state index is 2.98. The molecule has 0 radical (unpaired) electrons. The standard InChI is InChI=1S/C14H22.C10H10.CH4/c1-6-8-12-11(3)9-10-14(4,5)13(12)7-2;1-3-4-10-7-5-9(2)6-8-10;/h7-9H,6,10H2,1-5H3;5-8H,1-2H3;1H4/b12-8-,13-7+;;. The molecular weight excluding hydrogens is 300 g/mol. The van der Waals surface area contributed by atoms with Crippen LogP contribution in [0.1, 0.15) is 72.9 Å². The van der Waals surface area contributed by atoms with Gasteiger partial charge in [0.25, 0.3) is 0 Å². The van der Waals surface area contributed by atoms with Crippen LogP contribution < -0.4 is 0 Å². The lowest BCUT2D eigenvalue weighted by Crippen LogP contribution is -2.20. The number of rotatable bonds is 1. The SMILES string of the molecule is C.C/C=C1\C(=C/CC)C(C)=CCC1(C)C.CC#Cc1ccc(C)cc1. The van der Waals surface area contributed by atoms with E-state index in [2.05, 4.69) is 83.7 Å². The van der Waals surface area contributed by atoms with Gasteiger partial charge in [-0.05, 0) is 74.8 Å². The van der Waals surface area contributed by atoms with Crippen molar-refractivity contribution in [2.24, 2.45) is 5.41 Å². The fraction of sp³-hybridized carbons (Fsp3) is 0.440. The molecule has 0 atom stereocenters. The van der Waals surface area contributed by atoms with E-state index < -0.39 is 0 Å². The molecule has 0 unspecified atom stereocenters.